The standard InChI is InChI=1S/C20H22ClN9O13P2/c21-14-8-15(24-3-23-14)29(4-25-8)18-11(32)12-7(41-18)2-39-45(36,37)43-13-10(31)6(1-38-44(34,35)42-12)40-19(13)30-5-26-9-16(30)27-20(22)28-17(9)33/h3-7,9-13,18-19,31-32H,1-2H2,(H,34,35)(H,36,37)(H2,22,28,33)/t6-,7-,9?,10-,11-,12-,13-,18-,19-/m1/s1. The molecule has 0 aliphatic carbocycles. The molecule has 11 atom stereocenters. The van der Waals surface area contributed by atoms with E-state index in [0.717, 1.165) is 17.6 Å². The van der Waals surface area contributed by atoms with Gasteiger partial charge in [-0.3, -0.25) is 48.1 Å². The maximum Gasteiger partial charge on any atom is 0.472 e. The second-order valence-corrected chi connectivity index (χ2v) is 13.3. The number of nitrogens with zero attached hydrogens (tertiary/aromatic N) is 7. The molecule has 3 saturated heterocycles. The first kappa shape index (κ1) is 30.8. The largest absolute Gasteiger partial charge is 0.472 e. The number of hydrogen-bond acceptors (Lipinski definition) is 17. The summed E-state index contributed by atoms with van der Waals surface area (Å²) in [6.07, 6.45) is -9.27. The van der Waals surface area contributed by atoms with E-state index in [1.54, 1.807) is 0 Å². The summed E-state index contributed by atoms with van der Waals surface area (Å²) in [6.45, 7) is -1.66. The molecular weight excluding hydrogens is 672 g/mol. The summed E-state index contributed by atoms with van der Waals surface area (Å²) in [5.74, 6) is -1.30. The normalized spacial score (nSPS) is 42.0. The van der Waals surface area contributed by atoms with Crippen LogP contribution in [-0.4, -0.2) is 131 Å². The molecular formula is C20H22ClN9O13P2. The number of ether oxygens (including phenoxy) is 2. The summed E-state index contributed by atoms with van der Waals surface area (Å²) in [5, 5.41) is 32.0. The highest BCUT2D eigenvalue weighted by Crippen LogP contribution is 2.53. The molecule has 0 aromatic carbocycles. The lowest BCUT2D eigenvalue weighted by Crippen LogP contribution is -2.53. The van der Waals surface area contributed by atoms with Crippen LogP contribution in [0.2, 0.25) is 5.15 Å². The van der Waals surface area contributed by atoms with E-state index in [1.165, 1.54) is 10.9 Å². The van der Waals surface area contributed by atoms with Crippen LogP contribution in [0, 0.1) is 5.41 Å². The molecule has 0 spiro atoms. The molecule has 242 valence electrons. The topological polar surface area (TPSA) is 295 Å². The number of fused-ring (bicyclic) bond motifs is 5. The molecule has 2 aromatic rings. The van der Waals surface area contributed by atoms with Crippen LogP contribution in [0.5, 0.6) is 0 Å². The van der Waals surface area contributed by atoms with Gasteiger partial charge in [0, 0.05) is 0 Å². The number of amidine groups is 1. The monoisotopic (exact) mass is 693 g/mol. The number of hydrogen-bond donors (Lipinski definition) is 6. The Labute approximate surface area is 255 Å². The molecule has 3 unspecified atom stereocenters. The minimum absolute atomic E-state index is 0.00478. The number of carbonyl (C=O) groups excluding carboxylic acids is 1. The SMILES string of the molecule is N=C1N=C2C(N=CN2[C@@H]2O[C@@H]3COP(=O)(O)O[C@H]4[C@@H](O)[C@H](n5cnc6c(Cl)ncnc65)O[C@@H]4COP(=O)(O)O[C@@H]2[C@@H]3O)C(=O)N1. The average Bonchev–Trinajstić information content (AvgIpc) is 3.72. The summed E-state index contributed by atoms with van der Waals surface area (Å²) in [6, 6.07) is -1.18. The van der Waals surface area contributed by atoms with Crippen molar-refractivity contribution in [1.82, 2.24) is 29.7 Å². The molecule has 22 nitrogen and oxygen atoms in total. The molecule has 25 heteroatoms. The van der Waals surface area contributed by atoms with Gasteiger partial charge in [-0.1, -0.05) is 11.6 Å². The van der Waals surface area contributed by atoms with Crippen molar-refractivity contribution in [2.24, 2.45) is 9.98 Å². The smallest absolute Gasteiger partial charge is 0.387 e. The Bertz CT molecular complexity index is 1730. The molecule has 45 heavy (non-hydrogen) atoms. The van der Waals surface area contributed by atoms with Gasteiger partial charge in [0.2, 0.25) is 5.96 Å². The number of halogens is 1. The molecule has 7 rings (SSSR count). The maximum absolute atomic E-state index is 13.2. The molecule has 2 aromatic heterocycles. The fourth-order valence-corrected chi connectivity index (χ4v) is 7.43. The zero-order valence-electron chi connectivity index (χ0n) is 22.2. The Hall–Kier alpha value is -2.82. The molecule has 6 N–H and O–H groups in total. The van der Waals surface area contributed by atoms with E-state index in [0.29, 0.717) is 0 Å². The van der Waals surface area contributed by atoms with Crippen molar-refractivity contribution in [3.63, 3.8) is 0 Å². The minimum atomic E-state index is -5.12. The van der Waals surface area contributed by atoms with Crippen molar-refractivity contribution >= 4 is 62.5 Å². The van der Waals surface area contributed by atoms with Crippen LogP contribution in [0.4, 0.5) is 0 Å². The zero-order chi connectivity index (χ0) is 31.8. The van der Waals surface area contributed by atoms with Crippen molar-refractivity contribution < 1.29 is 61.5 Å². The molecule has 3 fully saturated rings. The van der Waals surface area contributed by atoms with E-state index >= 15 is 0 Å². The van der Waals surface area contributed by atoms with Crippen molar-refractivity contribution in [1.29, 1.82) is 5.41 Å². The number of rotatable bonds is 2. The van der Waals surface area contributed by atoms with Crippen molar-refractivity contribution in [2.75, 3.05) is 13.2 Å². The average molecular weight is 694 g/mol. The molecule has 5 aliphatic rings. The molecule has 0 radical (unpaired) electrons. The van der Waals surface area contributed by atoms with E-state index in [4.69, 9.17) is 44.6 Å². The van der Waals surface area contributed by atoms with Crippen molar-refractivity contribution in [3.05, 3.63) is 17.8 Å². The fourth-order valence-electron chi connectivity index (χ4n) is 5.35. The summed E-state index contributed by atoms with van der Waals surface area (Å²) in [5.41, 5.74) is 0.290. The molecule has 1 amide bonds. The Balaban J connectivity index is 1.17. The number of aliphatic imine (C=N–C) groups is 2. The first-order chi connectivity index (χ1) is 21.3. The van der Waals surface area contributed by atoms with Gasteiger partial charge in [-0.2, -0.15) is 4.99 Å². The second-order valence-electron chi connectivity index (χ2n) is 10.2. The highest BCUT2D eigenvalue weighted by Gasteiger charge is 2.56. The van der Waals surface area contributed by atoms with Gasteiger partial charge in [0.15, 0.2) is 35.1 Å². The van der Waals surface area contributed by atoms with Crippen LogP contribution < -0.4 is 5.32 Å². The van der Waals surface area contributed by atoms with E-state index in [9.17, 15) is 33.9 Å². The van der Waals surface area contributed by atoms with E-state index < -0.39 is 95.8 Å². The number of phosphoric acid groups is 2. The number of imidazole rings is 1. The third kappa shape index (κ3) is 5.50. The molecule has 2 bridgehead atoms. The van der Waals surface area contributed by atoms with Gasteiger partial charge in [-0.15, -0.1) is 0 Å². The Morgan fingerprint density at radius 3 is 2.42 bits per heavy atom. The van der Waals surface area contributed by atoms with Crippen LogP contribution in [0.3, 0.4) is 0 Å². The van der Waals surface area contributed by atoms with Gasteiger partial charge in [0.25, 0.3) is 5.91 Å². The third-order valence-electron chi connectivity index (χ3n) is 7.36. The van der Waals surface area contributed by atoms with Crippen LogP contribution in [0.1, 0.15) is 6.23 Å². The summed E-state index contributed by atoms with van der Waals surface area (Å²) < 4.78 is 59.9. The van der Waals surface area contributed by atoms with Gasteiger partial charge in [-0.25, -0.2) is 24.1 Å². The highest BCUT2D eigenvalue weighted by molar-refractivity contribution is 7.47. The lowest BCUT2D eigenvalue weighted by Gasteiger charge is -2.31. The first-order valence-corrected chi connectivity index (χ1v) is 16.3. The predicted octanol–water partition coefficient (Wildman–Crippen LogP) is -1.98. The van der Waals surface area contributed by atoms with Gasteiger partial charge >= 0.3 is 15.6 Å². The number of nitrogens with one attached hydrogen (secondary N) is 2. The van der Waals surface area contributed by atoms with E-state index in [-0.39, 0.29) is 22.2 Å². The van der Waals surface area contributed by atoms with Gasteiger partial charge < -0.3 is 29.5 Å². The lowest BCUT2D eigenvalue weighted by molar-refractivity contribution is -0.119. The number of aliphatic hydroxyl groups is 2. The number of aliphatic hydroxyl groups excluding tert-OH is 2. The Morgan fingerprint density at radius 2 is 1.67 bits per heavy atom. The molecule has 7 heterocycles. The first-order valence-electron chi connectivity index (χ1n) is 12.9. The van der Waals surface area contributed by atoms with Crippen molar-refractivity contribution in [2.45, 2.75) is 55.1 Å². The molecule has 5 aliphatic heterocycles. The number of phosphoric ester groups is 2. The maximum atomic E-state index is 13.2. The molecule has 0 saturated carbocycles. The quantitative estimate of drug-likeness (QED) is 0.147. The van der Waals surface area contributed by atoms with Crippen LogP contribution in [0.25, 0.3) is 11.2 Å². The van der Waals surface area contributed by atoms with Crippen molar-refractivity contribution in [3.8, 4) is 0 Å². The summed E-state index contributed by atoms with van der Waals surface area (Å²) in [4.78, 5) is 54.6. The minimum Gasteiger partial charge on any atom is -0.387 e. The summed E-state index contributed by atoms with van der Waals surface area (Å²) >= 11 is 6.06. The van der Waals surface area contributed by atoms with E-state index in [1.807, 2.05) is 0 Å². The Kier molecular flexibility index (Phi) is 7.64. The lowest BCUT2D eigenvalue weighted by atomic mass is 10.1. The van der Waals surface area contributed by atoms with Crippen LogP contribution >= 0.6 is 27.2 Å². The van der Waals surface area contributed by atoms with Gasteiger partial charge in [-0.05, 0) is 0 Å². The highest BCUT2D eigenvalue weighted by atomic mass is 35.5. The summed E-state index contributed by atoms with van der Waals surface area (Å²) in [7, 11) is -10.2. The fraction of sp³-hybridized carbons (Fsp3) is 0.550. The number of guanidine groups is 1. The van der Waals surface area contributed by atoms with E-state index in [2.05, 4.69) is 30.3 Å². The zero-order valence-corrected chi connectivity index (χ0v) is 24.8. The number of amides is 1. The second kappa shape index (κ2) is 11.2. The van der Waals surface area contributed by atoms with Gasteiger partial charge in [0.05, 0.1) is 25.9 Å². The predicted molar refractivity (Wildman–Crippen MR) is 144 cm³/mol. The van der Waals surface area contributed by atoms with Crippen LogP contribution in [-0.2, 0) is 41.5 Å². The van der Waals surface area contributed by atoms with Crippen LogP contribution in [0.15, 0.2) is 22.6 Å². The number of aromatic nitrogens is 4. The number of carbonyl (C=O) groups is 1. The Morgan fingerprint density at radius 1 is 0.978 bits per heavy atom. The third-order valence-corrected chi connectivity index (χ3v) is 9.61. The van der Waals surface area contributed by atoms with Gasteiger partial charge in [0.1, 0.15) is 48.5 Å².